The Morgan fingerprint density at radius 2 is 0.538 bits per heavy atom. The highest BCUT2D eigenvalue weighted by Crippen LogP contribution is 2.48. The number of hydrogen-bond acceptors (Lipinski definition) is 2. The van der Waals surface area contributed by atoms with Crippen molar-refractivity contribution >= 4 is 131 Å². The number of halogens is 3. The Balaban J connectivity index is 0.867. The maximum atomic E-state index is 14.6. The van der Waals surface area contributed by atoms with E-state index in [1.165, 1.54) is 6.07 Å². The Morgan fingerprint density at radius 3 is 0.856 bits per heavy atom. The van der Waals surface area contributed by atoms with E-state index in [2.05, 4.69) is 313 Å². The van der Waals surface area contributed by atoms with Gasteiger partial charge in [0.15, 0.2) is 0 Å². The molecule has 8 nitrogen and oxygen atoms in total. The SMILES string of the molecule is N#Cc1cc(C(F)(F)F)ccc1-c1ccc(-n2c3ccc(-n4c5ccccc5c5ccccc54)cc3c3cc(-n4c5ccccc5c5ccccc54)ccc32)c(-c2c(C#N)cccc2-n2c3ccc(-n4c5ccccc5c5ccccc54)cc3c3cc(-n4c5ccccc5c5ccccc54)ccc32)c1. The van der Waals surface area contributed by atoms with Crippen molar-refractivity contribution in [1.82, 2.24) is 27.4 Å². The van der Waals surface area contributed by atoms with E-state index in [4.69, 9.17) is 0 Å². The first-order chi connectivity index (χ1) is 51.2. The van der Waals surface area contributed by atoms with Gasteiger partial charge in [0.2, 0.25) is 0 Å². The van der Waals surface area contributed by atoms with Crippen molar-refractivity contribution in [1.29, 1.82) is 10.5 Å². The number of aromatic nitrogens is 6. The number of para-hydroxylation sites is 8. The van der Waals surface area contributed by atoms with Crippen molar-refractivity contribution in [3.05, 3.63) is 338 Å². The predicted octanol–water partition coefficient (Wildman–Crippen LogP) is 24.4. The molecule has 0 aliphatic heterocycles. The van der Waals surface area contributed by atoms with Crippen LogP contribution in [0, 0.1) is 22.7 Å². The zero-order chi connectivity index (χ0) is 69.2. The molecule has 0 unspecified atom stereocenters. The minimum Gasteiger partial charge on any atom is -0.309 e. The van der Waals surface area contributed by atoms with Crippen LogP contribution in [0.3, 0.4) is 0 Å². The Bertz CT molecular complexity index is 6840. The summed E-state index contributed by atoms with van der Waals surface area (Å²) in [6.07, 6.45) is -4.70. The fourth-order valence-corrected chi connectivity index (χ4v) is 17.1. The smallest absolute Gasteiger partial charge is 0.309 e. The van der Waals surface area contributed by atoms with Crippen LogP contribution >= 0.6 is 0 Å². The van der Waals surface area contributed by atoms with Crippen LogP contribution < -0.4 is 0 Å². The molecule has 0 saturated heterocycles. The summed E-state index contributed by atoms with van der Waals surface area (Å²) in [6.45, 7) is 0. The van der Waals surface area contributed by atoms with E-state index in [0.29, 0.717) is 39.2 Å². The minimum absolute atomic E-state index is 0.139. The first kappa shape index (κ1) is 58.8. The van der Waals surface area contributed by atoms with Gasteiger partial charge in [0.25, 0.3) is 0 Å². The molecule has 104 heavy (non-hydrogen) atoms. The van der Waals surface area contributed by atoms with E-state index in [1.807, 2.05) is 30.3 Å². The second kappa shape index (κ2) is 22.2. The molecule has 0 atom stereocenters. The van der Waals surface area contributed by atoms with E-state index in [0.717, 1.165) is 166 Å². The summed E-state index contributed by atoms with van der Waals surface area (Å²) in [5, 5.41) is 35.7. The Kier molecular flexibility index (Phi) is 12.5. The van der Waals surface area contributed by atoms with Crippen molar-refractivity contribution in [3.63, 3.8) is 0 Å². The summed E-state index contributed by atoms with van der Waals surface area (Å²) >= 11 is 0. The van der Waals surface area contributed by atoms with Crippen LogP contribution in [0.5, 0.6) is 0 Å². The summed E-state index contributed by atoms with van der Waals surface area (Å²) < 4.78 is 57.8. The number of alkyl halides is 3. The molecule has 21 aromatic rings. The Labute approximate surface area is 591 Å². The minimum atomic E-state index is -4.70. The molecule has 15 aromatic carbocycles. The third kappa shape index (κ3) is 8.47. The van der Waals surface area contributed by atoms with E-state index >= 15 is 0 Å². The second-order valence-corrected chi connectivity index (χ2v) is 26.9. The number of rotatable bonds is 8. The summed E-state index contributed by atoms with van der Waals surface area (Å²) in [5.41, 5.74) is 18.6. The van der Waals surface area contributed by atoms with Gasteiger partial charge in [0.1, 0.15) is 0 Å². The van der Waals surface area contributed by atoms with E-state index in [-0.39, 0.29) is 5.56 Å². The van der Waals surface area contributed by atoms with Crippen LogP contribution in [0.15, 0.2) is 322 Å². The maximum absolute atomic E-state index is 14.6. The standard InChI is InChI=1S/C93H53F3N8/c94-93(95,96)59-37-42-64(58(48-59)55-98)56-36-43-90(103-86-44-38-60(99-78-27-9-1-19-65(78)66-20-2-10-28-79(66)99)50-73(86)74-51-61(39-45-87(74)103)100-80-29-11-3-21-67(80)68-22-4-12-30-81(68)100)77(49-56)92-57(54-97)18-17-35-91(92)104-88-46-40-62(101-82-31-13-5-23-69(82)70-24-6-14-32-83(70)101)52-75(88)76-53-63(41-47-89(76)104)102-84-33-15-7-25-71(84)72-26-8-16-34-85(72)102/h1-53H. The molecule has 0 saturated carbocycles. The van der Waals surface area contributed by atoms with E-state index < -0.39 is 11.7 Å². The third-order valence-corrected chi connectivity index (χ3v) is 21.5. The first-order valence-electron chi connectivity index (χ1n) is 34.6. The monoisotopic (exact) mass is 1340 g/mol. The summed E-state index contributed by atoms with van der Waals surface area (Å²) in [5.74, 6) is 0. The van der Waals surface area contributed by atoms with Gasteiger partial charge in [-0.25, -0.2) is 0 Å². The van der Waals surface area contributed by atoms with Crippen molar-refractivity contribution in [3.8, 4) is 68.5 Å². The average Bonchev–Trinajstić information content (AvgIpc) is 1.55. The van der Waals surface area contributed by atoms with Crippen molar-refractivity contribution in [2.75, 3.05) is 0 Å². The molecule has 6 aromatic heterocycles. The lowest BCUT2D eigenvalue weighted by Crippen LogP contribution is -2.06. The summed E-state index contributed by atoms with van der Waals surface area (Å²) in [4.78, 5) is 0. The quantitative estimate of drug-likeness (QED) is 0.152. The highest BCUT2D eigenvalue weighted by atomic mass is 19.4. The molecule has 0 aliphatic carbocycles. The largest absolute Gasteiger partial charge is 0.416 e. The highest BCUT2D eigenvalue weighted by Gasteiger charge is 2.32. The highest BCUT2D eigenvalue weighted by molar-refractivity contribution is 6.17. The van der Waals surface area contributed by atoms with Gasteiger partial charge in [-0.15, -0.1) is 0 Å². The van der Waals surface area contributed by atoms with Crippen LogP contribution in [0.2, 0.25) is 0 Å². The molecule has 0 bridgehead atoms. The van der Waals surface area contributed by atoms with Gasteiger partial charge in [-0.3, -0.25) is 0 Å². The van der Waals surface area contributed by atoms with Gasteiger partial charge in [0, 0.05) is 98.5 Å². The number of nitriles is 2. The van der Waals surface area contributed by atoms with Crippen LogP contribution in [0.4, 0.5) is 13.2 Å². The molecular formula is C93H53F3N8. The van der Waals surface area contributed by atoms with Crippen LogP contribution in [-0.2, 0) is 6.18 Å². The summed E-state index contributed by atoms with van der Waals surface area (Å²) in [6, 6.07) is 114. The van der Waals surface area contributed by atoms with Crippen LogP contribution in [-0.4, -0.2) is 27.4 Å². The third-order valence-electron chi connectivity index (χ3n) is 21.5. The van der Waals surface area contributed by atoms with Crippen LogP contribution in [0.25, 0.3) is 187 Å². The number of nitrogens with zero attached hydrogens (tertiary/aromatic N) is 8. The molecule has 0 N–H and O–H groups in total. The fraction of sp³-hybridized carbons (Fsp3) is 0.0108. The second-order valence-electron chi connectivity index (χ2n) is 26.9. The van der Waals surface area contributed by atoms with Crippen LogP contribution in [0.1, 0.15) is 16.7 Å². The van der Waals surface area contributed by atoms with Gasteiger partial charge in [-0.1, -0.05) is 164 Å². The zero-order valence-electron chi connectivity index (χ0n) is 55.3. The molecule has 0 spiro atoms. The lowest BCUT2D eigenvalue weighted by Gasteiger charge is -2.21. The molecular weight excluding hydrogens is 1290 g/mol. The Morgan fingerprint density at radius 1 is 0.231 bits per heavy atom. The van der Waals surface area contributed by atoms with Gasteiger partial charge in [-0.2, -0.15) is 23.7 Å². The average molecular weight is 1340 g/mol. The molecule has 0 amide bonds. The van der Waals surface area contributed by atoms with E-state index in [9.17, 15) is 23.7 Å². The molecule has 11 heteroatoms. The molecule has 0 fully saturated rings. The molecule has 21 rings (SSSR count). The van der Waals surface area contributed by atoms with Crippen molar-refractivity contribution in [2.24, 2.45) is 0 Å². The number of fused-ring (bicyclic) bond motifs is 18. The van der Waals surface area contributed by atoms with Crippen molar-refractivity contribution < 1.29 is 13.2 Å². The van der Waals surface area contributed by atoms with Gasteiger partial charge in [-0.05, 0) is 169 Å². The lowest BCUT2D eigenvalue weighted by atomic mass is 9.91. The van der Waals surface area contributed by atoms with Gasteiger partial charge < -0.3 is 27.4 Å². The van der Waals surface area contributed by atoms with E-state index in [1.54, 1.807) is 0 Å². The topological polar surface area (TPSA) is 77.2 Å². The van der Waals surface area contributed by atoms with Gasteiger partial charge in [0.05, 0.1) is 106 Å². The normalized spacial score (nSPS) is 12.2. The van der Waals surface area contributed by atoms with Gasteiger partial charge >= 0.3 is 6.18 Å². The molecule has 0 aliphatic rings. The summed E-state index contributed by atoms with van der Waals surface area (Å²) in [7, 11) is 0. The van der Waals surface area contributed by atoms with Crippen molar-refractivity contribution in [2.45, 2.75) is 6.18 Å². The fourth-order valence-electron chi connectivity index (χ4n) is 17.1. The first-order valence-corrected chi connectivity index (χ1v) is 34.6. The number of hydrogen-bond donors (Lipinski definition) is 0. The molecule has 6 heterocycles. The lowest BCUT2D eigenvalue weighted by molar-refractivity contribution is -0.137. The zero-order valence-corrected chi connectivity index (χ0v) is 55.3. The predicted molar refractivity (Wildman–Crippen MR) is 418 cm³/mol. The maximum Gasteiger partial charge on any atom is 0.416 e. The molecule has 0 radical (unpaired) electrons. The molecule has 486 valence electrons. The number of benzene rings is 15. The Hall–Kier alpha value is -14.1.